The van der Waals surface area contributed by atoms with E-state index >= 15 is 0 Å². The zero-order chi connectivity index (χ0) is 37.0. The van der Waals surface area contributed by atoms with Crippen molar-refractivity contribution in [1.82, 2.24) is 33.9 Å². The van der Waals surface area contributed by atoms with Gasteiger partial charge in [-0.1, -0.05) is 30.7 Å². The number of aliphatic hydroxyl groups excluding tert-OH is 1. The van der Waals surface area contributed by atoms with Gasteiger partial charge in [-0.05, 0) is 73.3 Å². The fourth-order valence-corrected chi connectivity index (χ4v) is 7.66. The quantitative estimate of drug-likeness (QED) is 0.0698. The number of nitro benzene ring substituents is 1. The van der Waals surface area contributed by atoms with E-state index in [0.29, 0.717) is 39.6 Å². The molecule has 6 rings (SSSR count). The Kier molecular flexibility index (Phi) is 10.9. The second-order valence-corrected chi connectivity index (χ2v) is 14.4. The lowest BCUT2D eigenvalue weighted by atomic mass is 9.98. The maximum atomic E-state index is 13.8. The summed E-state index contributed by atoms with van der Waals surface area (Å²) >= 11 is 6.73. The molecular formula is C34H35ClN10O6S. The summed E-state index contributed by atoms with van der Waals surface area (Å²) in [6, 6.07) is 16.1. The number of aliphatic hydroxyl groups is 1. The third kappa shape index (κ3) is 7.78. The van der Waals surface area contributed by atoms with Gasteiger partial charge in [-0.15, -0.1) is 0 Å². The average molecular weight is 747 g/mol. The van der Waals surface area contributed by atoms with Crippen LogP contribution in [-0.2, 0) is 10.0 Å². The molecule has 0 aliphatic heterocycles. The lowest BCUT2D eigenvalue weighted by molar-refractivity contribution is -0.387. The number of fused-ring (bicyclic) bond motifs is 2. The molecule has 0 saturated carbocycles. The minimum absolute atomic E-state index is 0.0183. The summed E-state index contributed by atoms with van der Waals surface area (Å²) in [6.07, 6.45) is 4.92. The van der Waals surface area contributed by atoms with Gasteiger partial charge < -0.3 is 20.9 Å². The van der Waals surface area contributed by atoms with E-state index in [0.717, 1.165) is 21.6 Å². The number of nitrogens with two attached hydrogens (primary N) is 1. The highest BCUT2D eigenvalue weighted by Crippen LogP contribution is 2.34. The van der Waals surface area contributed by atoms with Crippen LogP contribution in [0.2, 0.25) is 5.15 Å². The van der Waals surface area contributed by atoms with Gasteiger partial charge in [0.25, 0.3) is 5.69 Å². The van der Waals surface area contributed by atoms with E-state index in [1.54, 1.807) is 28.9 Å². The molecule has 18 heteroatoms. The van der Waals surface area contributed by atoms with Crippen molar-refractivity contribution in [3.8, 4) is 11.5 Å². The second-order valence-electron chi connectivity index (χ2n) is 12.2. The number of pyridine rings is 2. The maximum Gasteiger partial charge on any atom is 0.289 e. The number of nitrogens with one attached hydrogen (secondary N) is 1. The summed E-state index contributed by atoms with van der Waals surface area (Å²) in [5.74, 6) is 0.809. The Morgan fingerprint density at radius 3 is 2.67 bits per heavy atom. The monoisotopic (exact) mass is 746 g/mol. The SMILES string of the molecule is Cc1cc(Nc2ncnc3cc(C(C)CCN(CC(CN)CO)S(=O)(=O)c4ccccc4[N+](=O)[O-])c(Cl)nc23)ccc1Oc1ccn2ncnc2c1. The number of hydrogen-bond donors (Lipinski definition) is 3. The summed E-state index contributed by atoms with van der Waals surface area (Å²) in [5.41, 5.74) is 9.06. The number of halogens is 1. The predicted octanol–water partition coefficient (Wildman–Crippen LogP) is 5.23. The van der Waals surface area contributed by atoms with Gasteiger partial charge in [-0.2, -0.15) is 9.40 Å². The number of nitro groups is 1. The molecule has 4 heterocycles. The molecule has 0 amide bonds. The molecule has 2 unspecified atom stereocenters. The van der Waals surface area contributed by atoms with E-state index < -0.39 is 31.4 Å². The number of nitrogens with zero attached hydrogens (tertiary/aromatic N) is 8. The summed E-state index contributed by atoms with van der Waals surface area (Å²) < 4.78 is 36.4. The molecule has 2 atom stereocenters. The molecule has 52 heavy (non-hydrogen) atoms. The van der Waals surface area contributed by atoms with E-state index in [2.05, 4.69) is 30.4 Å². The Morgan fingerprint density at radius 1 is 1.12 bits per heavy atom. The number of rotatable bonds is 15. The molecule has 0 bridgehead atoms. The molecular weight excluding hydrogens is 712 g/mol. The first-order valence-corrected chi connectivity index (χ1v) is 18.0. The van der Waals surface area contributed by atoms with Gasteiger partial charge in [0.15, 0.2) is 16.4 Å². The topological polar surface area (TPSA) is 217 Å². The van der Waals surface area contributed by atoms with Crippen LogP contribution >= 0.6 is 11.6 Å². The summed E-state index contributed by atoms with van der Waals surface area (Å²) in [5, 5.41) is 29.1. The van der Waals surface area contributed by atoms with Crippen molar-refractivity contribution >= 4 is 55.5 Å². The molecule has 6 aromatic rings. The van der Waals surface area contributed by atoms with Crippen LogP contribution in [0.25, 0.3) is 16.7 Å². The fraction of sp³-hybridized carbons (Fsp3) is 0.265. The first-order valence-electron chi connectivity index (χ1n) is 16.2. The zero-order valence-corrected chi connectivity index (χ0v) is 29.7. The average Bonchev–Trinajstić information content (AvgIpc) is 3.61. The lowest BCUT2D eigenvalue weighted by Crippen LogP contribution is -2.40. The van der Waals surface area contributed by atoms with Crippen LogP contribution < -0.4 is 15.8 Å². The third-order valence-electron chi connectivity index (χ3n) is 8.58. The molecule has 0 fully saturated rings. The number of aryl methyl sites for hydroxylation is 1. The van der Waals surface area contributed by atoms with Crippen LogP contribution in [0.3, 0.4) is 0 Å². The first-order chi connectivity index (χ1) is 25.0. The number of hydrogen-bond acceptors (Lipinski definition) is 13. The van der Waals surface area contributed by atoms with Gasteiger partial charge >= 0.3 is 0 Å². The number of sulfonamides is 1. The van der Waals surface area contributed by atoms with Crippen LogP contribution in [0.5, 0.6) is 11.5 Å². The normalized spacial score (nSPS) is 13.0. The number of benzene rings is 2. The molecule has 4 N–H and O–H groups in total. The Bertz CT molecular complexity index is 2360. The van der Waals surface area contributed by atoms with E-state index in [1.165, 1.54) is 30.9 Å². The standard InChI is InChI=1S/C34H35ClN10O6S/c1-21(9-11-43(17-23(16-36)18-46)52(49,50)30-6-4-3-5-28(30)45(47)48)26-15-27-32(42-33(26)35)34(39-19-37-27)41-24-7-8-29(22(2)13-24)51-25-10-12-44-31(14-25)38-20-40-44/h3-8,10,12-15,19-21,23,46H,9,11,16-18,36H2,1-2H3,(H,37,39,41). The van der Waals surface area contributed by atoms with Gasteiger partial charge in [0.2, 0.25) is 10.0 Å². The first kappa shape index (κ1) is 36.5. The summed E-state index contributed by atoms with van der Waals surface area (Å²) in [6.45, 7) is 3.28. The van der Waals surface area contributed by atoms with E-state index in [1.807, 2.05) is 32.0 Å². The Balaban J connectivity index is 1.20. The third-order valence-corrected chi connectivity index (χ3v) is 10.8. The van der Waals surface area contributed by atoms with E-state index in [-0.39, 0.29) is 43.7 Å². The second kappa shape index (κ2) is 15.5. The molecule has 16 nitrogen and oxygen atoms in total. The van der Waals surface area contributed by atoms with Gasteiger partial charge in [0.05, 0.1) is 10.4 Å². The molecule has 0 aliphatic carbocycles. The highest BCUT2D eigenvalue weighted by atomic mass is 35.5. The van der Waals surface area contributed by atoms with E-state index in [9.17, 15) is 23.6 Å². The van der Waals surface area contributed by atoms with Gasteiger partial charge in [-0.3, -0.25) is 10.1 Å². The van der Waals surface area contributed by atoms with E-state index in [4.69, 9.17) is 22.1 Å². The molecule has 2 aromatic carbocycles. The Labute approximate surface area is 303 Å². The van der Waals surface area contributed by atoms with Crippen molar-refractivity contribution in [2.24, 2.45) is 11.7 Å². The molecule has 0 radical (unpaired) electrons. The van der Waals surface area contributed by atoms with Crippen LogP contribution in [0.1, 0.15) is 30.4 Å². The minimum atomic E-state index is -4.34. The predicted molar refractivity (Wildman–Crippen MR) is 194 cm³/mol. The summed E-state index contributed by atoms with van der Waals surface area (Å²) in [7, 11) is -4.34. The largest absolute Gasteiger partial charge is 0.457 e. The van der Waals surface area contributed by atoms with Crippen molar-refractivity contribution in [3.63, 3.8) is 0 Å². The molecule has 4 aromatic heterocycles. The maximum absolute atomic E-state index is 13.8. The zero-order valence-electron chi connectivity index (χ0n) is 28.1. The van der Waals surface area contributed by atoms with Crippen molar-refractivity contribution in [3.05, 3.63) is 106 Å². The highest BCUT2D eigenvalue weighted by Gasteiger charge is 2.33. The molecule has 0 aliphatic rings. The van der Waals surface area contributed by atoms with Crippen LogP contribution in [0, 0.1) is 23.0 Å². The highest BCUT2D eigenvalue weighted by molar-refractivity contribution is 7.89. The number of para-hydroxylation sites is 1. The summed E-state index contributed by atoms with van der Waals surface area (Å²) in [4.78, 5) is 28.1. The molecule has 0 saturated heterocycles. The smallest absolute Gasteiger partial charge is 0.289 e. The van der Waals surface area contributed by atoms with Crippen LogP contribution in [0.15, 0.2) is 84.4 Å². The molecule has 0 spiro atoms. The van der Waals surface area contributed by atoms with Crippen molar-refractivity contribution in [1.29, 1.82) is 0 Å². The van der Waals surface area contributed by atoms with Crippen molar-refractivity contribution < 1.29 is 23.2 Å². The number of aromatic nitrogens is 6. The van der Waals surface area contributed by atoms with Gasteiger partial charge in [0, 0.05) is 49.6 Å². The lowest BCUT2D eigenvalue weighted by Gasteiger charge is -2.27. The fourth-order valence-electron chi connectivity index (χ4n) is 5.64. The number of ether oxygens (including phenoxy) is 1. The minimum Gasteiger partial charge on any atom is -0.457 e. The van der Waals surface area contributed by atoms with Crippen molar-refractivity contribution in [2.75, 3.05) is 31.6 Å². The van der Waals surface area contributed by atoms with Crippen LogP contribution in [0.4, 0.5) is 17.2 Å². The van der Waals surface area contributed by atoms with Crippen molar-refractivity contribution in [2.45, 2.75) is 31.1 Å². The van der Waals surface area contributed by atoms with Crippen LogP contribution in [-0.4, -0.2) is 78.5 Å². The molecule has 270 valence electrons. The number of anilines is 2. The Hall–Kier alpha value is -5.33. The van der Waals surface area contributed by atoms with Gasteiger partial charge in [0.1, 0.15) is 34.8 Å². The van der Waals surface area contributed by atoms with Gasteiger partial charge in [-0.25, -0.2) is 32.9 Å². The Morgan fingerprint density at radius 2 is 1.92 bits per heavy atom.